The summed E-state index contributed by atoms with van der Waals surface area (Å²) in [5.41, 5.74) is 0. The van der Waals surface area contributed by atoms with Crippen LogP contribution in [-0.4, -0.2) is 56.7 Å². The van der Waals surface area contributed by atoms with Crippen molar-refractivity contribution >= 4 is 11.7 Å². The lowest BCUT2D eigenvalue weighted by Gasteiger charge is -2.35. The highest BCUT2D eigenvalue weighted by Crippen LogP contribution is 2.15. The minimum absolute atomic E-state index is 0.251. The zero-order valence-electron chi connectivity index (χ0n) is 13.6. The lowest BCUT2D eigenvalue weighted by Crippen LogP contribution is -2.49. The molecule has 0 spiro atoms. The fourth-order valence-electron chi connectivity index (χ4n) is 2.68. The van der Waals surface area contributed by atoms with Gasteiger partial charge in [-0.25, -0.2) is 4.98 Å². The molecule has 2 aromatic rings. The lowest BCUT2D eigenvalue weighted by atomic mass is 10.1. The Bertz CT molecular complexity index is 629. The van der Waals surface area contributed by atoms with Crippen LogP contribution >= 0.6 is 0 Å². The van der Waals surface area contributed by atoms with Crippen molar-refractivity contribution in [3.05, 3.63) is 30.9 Å². The third-order valence-corrected chi connectivity index (χ3v) is 3.94. The molecule has 0 aromatic carbocycles. The summed E-state index contributed by atoms with van der Waals surface area (Å²) in [5.74, 6) is 2.25. The molecule has 0 atom stereocenters. The zero-order valence-corrected chi connectivity index (χ0v) is 13.6. The van der Waals surface area contributed by atoms with E-state index in [4.69, 9.17) is 0 Å². The van der Waals surface area contributed by atoms with Crippen LogP contribution in [0.15, 0.2) is 30.9 Å². The Kier molecular flexibility index (Phi) is 4.55. The van der Waals surface area contributed by atoms with Crippen LogP contribution < -0.4 is 4.90 Å². The van der Waals surface area contributed by atoms with Gasteiger partial charge in [0, 0.05) is 45.0 Å². The largest absolute Gasteiger partial charge is 0.352 e. The molecule has 3 rings (SSSR count). The van der Waals surface area contributed by atoms with Crippen molar-refractivity contribution in [2.45, 2.75) is 20.3 Å². The van der Waals surface area contributed by atoms with E-state index in [1.165, 1.54) is 0 Å². The van der Waals surface area contributed by atoms with Gasteiger partial charge in [-0.1, -0.05) is 13.8 Å². The minimum Gasteiger partial charge on any atom is -0.352 e. The summed E-state index contributed by atoms with van der Waals surface area (Å²) in [6.45, 7) is 7.23. The quantitative estimate of drug-likeness (QED) is 0.852. The number of hydrogen-bond donors (Lipinski definition) is 0. The highest BCUT2D eigenvalue weighted by Gasteiger charge is 2.22. The lowest BCUT2D eigenvalue weighted by molar-refractivity contribution is -0.132. The Morgan fingerprint density at radius 2 is 1.83 bits per heavy atom. The van der Waals surface area contributed by atoms with Gasteiger partial charge in [-0.15, -0.1) is 10.2 Å². The number of carbonyl (C=O) groups excluding carboxylic acids is 1. The smallest absolute Gasteiger partial charge is 0.222 e. The number of rotatable bonds is 4. The summed E-state index contributed by atoms with van der Waals surface area (Å²) in [7, 11) is 0. The van der Waals surface area contributed by atoms with Crippen molar-refractivity contribution in [1.82, 2.24) is 24.6 Å². The van der Waals surface area contributed by atoms with Crippen molar-refractivity contribution in [1.29, 1.82) is 0 Å². The molecule has 122 valence electrons. The molecule has 1 aliphatic heterocycles. The van der Waals surface area contributed by atoms with Crippen molar-refractivity contribution in [2.75, 3.05) is 31.1 Å². The molecule has 1 aliphatic rings. The Morgan fingerprint density at radius 3 is 2.39 bits per heavy atom. The van der Waals surface area contributed by atoms with Crippen molar-refractivity contribution < 1.29 is 4.79 Å². The third kappa shape index (κ3) is 3.67. The molecule has 0 bridgehead atoms. The molecule has 0 unspecified atom stereocenters. The summed E-state index contributed by atoms with van der Waals surface area (Å²) < 4.78 is 1.82. The van der Waals surface area contributed by atoms with Crippen LogP contribution in [0.2, 0.25) is 0 Å². The fraction of sp³-hybridized carbons (Fsp3) is 0.500. The predicted molar refractivity (Wildman–Crippen MR) is 87.4 cm³/mol. The SMILES string of the molecule is CC(C)CC(=O)N1CCN(c2ccc(-n3ccnc3)nn2)CC1. The maximum atomic E-state index is 12.1. The molecule has 1 amide bonds. The Hall–Kier alpha value is -2.44. The van der Waals surface area contributed by atoms with Crippen molar-refractivity contribution in [2.24, 2.45) is 5.92 Å². The van der Waals surface area contributed by atoms with Crippen LogP contribution in [-0.2, 0) is 4.79 Å². The second-order valence-electron chi connectivity index (χ2n) is 6.19. The first-order valence-corrected chi connectivity index (χ1v) is 7.98. The van der Waals surface area contributed by atoms with E-state index in [9.17, 15) is 4.79 Å². The predicted octanol–water partition coefficient (Wildman–Crippen LogP) is 1.36. The highest BCUT2D eigenvalue weighted by atomic mass is 16.2. The zero-order chi connectivity index (χ0) is 16.2. The van der Waals surface area contributed by atoms with Crippen molar-refractivity contribution in [3.63, 3.8) is 0 Å². The molecule has 0 saturated carbocycles. The monoisotopic (exact) mass is 314 g/mol. The van der Waals surface area contributed by atoms with Crippen LogP contribution in [0.3, 0.4) is 0 Å². The van der Waals surface area contributed by atoms with Gasteiger partial charge in [0.15, 0.2) is 11.6 Å². The number of anilines is 1. The molecule has 1 fully saturated rings. The second-order valence-corrected chi connectivity index (χ2v) is 6.19. The van der Waals surface area contributed by atoms with Crippen LogP contribution in [0, 0.1) is 5.92 Å². The number of piperazine rings is 1. The number of carbonyl (C=O) groups is 1. The van der Waals surface area contributed by atoms with Crippen LogP contribution in [0.4, 0.5) is 5.82 Å². The average Bonchev–Trinajstić information content (AvgIpc) is 3.09. The first kappa shape index (κ1) is 15.5. The van der Waals surface area contributed by atoms with Crippen LogP contribution in [0.5, 0.6) is 0 Å². The first-order chi connectivity index (χ1) is 11.1. The minimum atomic E-state index is 0.251. The van der Waals surface area contributed by atoms with Gasteiger partial charge in [0.1, 0.15) is 6.33 Å². The molecule has 2 aromatic heterocycles. The van der Waals surface area contributed by atoms with Gasteiger partial charge < -0.3 is 9.80 Å². The van der Waals surface area contributed by atoms with E-state index in [-0.39, 0.29) is 5.91 Å². The van der Waals surface area contributed by atoms with E-state index in [0.717, 1.165) is 37.8 Å². The van der Waals surface area contributed by atoms with E-state index in [0.29, 0.717) is 12.3 Å². The third-order valence-electron chi connectivity index (χ3n) is 3.94. The van der Waals surface area contributed by atoms with E-state index >= 15 is 0 Å². The molecule has 3 heterocycles. The van der Waals surface area contributed by atoms with Gasteiger partial charge in [-0.2, -0.15) is 0 Å². The maximum absolute atomic E-state index is 12.1. The normalized spacial score (nSPS) is 15.3. The molecular formula is C16H22N6O. The Morgan fingerprint density at radius 1 is 1.13 bits per heavy atom. The molecule has 0 radical (unpaired) electrons. The average molecular weight is 314 g/mol. The number of aromatic nitrogens is 4. The molecule has 1 saturated heterocycles. The van der Waals surface area contributed by atoms with Gasteiger partial charge in [0.05, 0.1) is 0 Å². The van der Waals surface area contributed by atoms with Gasteiger partial charge in [0.25, 0.3) is 0 Å². The summed E-state index contributed by atoms with van der Waals surface area (Å²) in [6.07, 6.45) is 5.87. The fourth-order valence-corrected chi connectivity index (χ4v) is 2.68. The van der Waals surface area contributed by atoms with E-state index in [1.54, 1.807) is 12.5 Å². The number of hydrogen-bond acceptors (Lipinski definition) is 5. The Labute approximate surface area is 135 Å². The molecule has 7 nitrogen and oxygen atoms in total. The van der Waals surface area contributed by atoms with Crippen LogP contribution in [0.25, 0.3) is 5.82 Å². The van der Waals surface area contributed by atoms with Gasteiger partial charge in [-0.3, -0.25) is 9.36 Å². The number of imidazole rings is 1. The number of amides is 1. The number of nitrogens with zero attached hydrogens (tertiary/aromatic N) is 6. The van der Waals surface area contributed by atoms with Crippen LogP contribution in [0.1, 0.15) is 20.3 Å². The molecule has 0 aliphatic carbocycles. The van der Waals surface area contributed by atoms with Crippen molar-refractivity contribution in [3.8, 4) is 5.82 Å². The molecule has 7 heteroatoms. The molecule has 0 N–H and O–H groups in total. The van der Waals surface area contributed by atoms with E-state index in [2.05, 4.69) is 33.9 Å². The highest BCUT2D eigenvalue weighted by molar-refractivity contribution is 5.76. The summed E-state index contributed by atoms with van der Waals surface area (Å²) in [5, 5.41) is 8.54. The Balaban J connectivity index is 1.58. The maximum Gasteiger partial charge on any atom is 0.222 e. The topological polar surface area (TPSA) is 67.2 Å². The van der Waals surface area contributed by atoms with E-state index in [1.807, 2.05) is 27.8 Å². The molecule has 23 heavy (non-hydrogen) atoms. The van der Waals surface area contributed by atoms with E-state index < -0.39 is 0 Å². The van der Waals surface area contributed by atoms with Gasteiger partial charge in [-0.05, 0) is 18.1 Å². The summed E-state index contributed by atoms with van der Waals surface area (Å²) >= 11 is 0. The first-order valence-electron chi connectivity index (χ1n) is 7.98. The second kappa shape index (κ2) is 6.76. The molecular weight excluding hydrogens is 292 g/mol. The summed E-state index contributed by atoms with van der Waals surface area (Å²) in [4.78, 5) is 20.2. The van der Waals surface area contributed by atoms with Gasteiger partial charge in [0.2, 0.25) is 5.91 Å². The summed E-state index contributed by atoms with van der Waals surface area (Å²) in [6, 6.07) is 3.90. The van der Waals surface area contributed by atoms with Gasteiger partial charge >= 0.3 is 0 Å². The standard InChI is InChI=1S/C16H22N6O/c1-13(2)11-16(23)21-9-7-20(8-10-21)14-3-4-15(19-18-14)22-6-5-17-12-22/h3-6,12-13H,7-11H2,1-2H3.